The zero-order valence-corrected chi connectivity index (χ0v) is 48.3. The van der Waals surface area contributed by atoms with Crippen molar-refractivity contribution in [3.63, 3.8) is 0 Å². The third-order valence-electron chi connectivity index (χ3n) is 13.8. The average Bonchev–Trinajstić information content (AvgIpc) is 3.80. The van der Waals surface area contributed by atoms with E-state index in [-0.39, 0.29) is 93.6 Å². The van der Waals surface area contributed by atoms with Crippen molar-refractivity contribution >= 4 is 65.1 Å². The molecule has 2 aliphatic heterocycles. The number of primary amides is 1. The van der Waals surface area contributed by atoms with Crippen LogP contribution in [0.25, 0.3) is 11.4 Å². The fraction of sp³-hybridized carbons (Fsp3) is 0.483. The van der Waals surface area contributed by atoms with Gasteiger partial charge in [-0.15, -0.1) is 0 Å². The highest BCUT2D eigenvalue weighted by atomic mass is 32.2. The molecule has 0 unspecified atom stereocenters. The molecule has 0 aliphatic carbocycles. The first-order valence-corrected chi connectivity index (χ1v) is 28.9. The predicted octanol–water partition coefficient (Wildman–Crippen LogP) is 6.98. The van der Waals surface area contributed by atoms with E-state index in [0.29, 0.717) is 60.9 Å². The van der Waals surface area contributed by atoms with Crippen molar-refractivity contribution in [3.8, 4) is 11.4 Å². The Morgan fingerprint density at radius 2 is 1.53 bits per heavy atom. The zero-order valence-electron chi connectivity index (χ0n) is 47.5. The fourth-order valence-corrected chi connectivity index (χ4v) is 10.3. The number of carbonyl (C=O) groups excluding carboxylic acids is 8. The second-order valence-corrected chi connectivity index (χ2v) is 22.9. The van der Waals surface area contributed by atoms with Crippen LogP contribution in [-0.2, 0) is 41.9 Å². The molecule has 4 aromatic rings. The van der Waals surface area contributed by atoms with Crippen LogP contribution in [0.5, 0.6) is 0 Å². The average molecular weight is 1170 g/mol. The summed E-state index contributed by atoms with van der Waals surface area (Å²) in [4.78, 5) is 113. The Labute approximate surface area is 485 Å². The van der Waals surface area contributed by atoms with E-state index in [2.05, 4.69) is 26.6 Å². The number of nitrogens with zero attached hydrogens (tertiary/aromatic N) is 6. The lowest BCUT2D eigenvalue weighted by atomic mass is 9.84. The quantitative estimate of drug-likeness (QED) is 0.0248. The molecule has 6 rings (SSSR count). The van der Waals surface area contributed by atoms with E-state index in [1.165, 1.54) is 12.2 Å². The van der Waals surface area contributed by atoms with Crippen molar-refractivity contribution in [2.75, 3.05) is 56.2 Å². The number of alkyl halides is 1. The molecule has 3 heterocycles. The molecule has 21 nitrogen and oxygen atoms in total. The normalized spacial score (nSPS) is 14.9. The summed E-state index contributed by atoms with van der Waals surface area (Å²) >= 11 is 1.71. The van der Waals surface area contributed by atoms with Crippen LogP contribution in [0.4, 0.5) is 33.2 Å². The van der Waals surface area contributed by atoms with Crippen molar-refractivity contribution in [1.82, 2.24) is 50.7 Å². The largest absolute Gasteiger partial charge is 0.445 e. The number of halogens is 3. The number of thioether (sulfide) groups is 1. The van der Waals surface area contributed by atoms with Gasteiger partial charge in [0.1, 0.15) is 37.0 Å². The van der Waals surface area contributed by atoms with E-state index in [1.807, 2.05) is 51.1 Å². The van der Waals surface area contributed by atoms with Crippen molar-refractivity contribution in [2.45, 2.75) is 117 Å². The maximum absolute atomic E-state index is 15.3. The van der Waals surface area contributed by atoms with Gasteiger partial charge in [0, 0.05) is 68.5 Å². The van der Waals surface area contributed by atoms with Crippen molar-refractivity contribution in [3.05, 3.63) is 114 Å². The lowest BCUT2D eigenvalue weighted by Gasteiger charge is -2.42. The van der Waals surface area contributed by atoms with E-state index < -0.39 is 77.7 Å². The summed E-state index contributed by atoms with van der Waals surface area (Å²) in [5, 5.41) is 18.0. The van der Waals surface area contributed by atoms with Crippen molar-refractivity contribution < 1.29 is 56.3 Å². The van der Waals surface area contributed by atoms with Crippen LogP contribution < -0.4 is 32.3 Å². The number of hydrogen-bond acceptors (Lipinski definition) is 12. The monoisotopic (exact) mass is 1170 g/mol. The number of hydrogen-bond donors (Lipinski definition) is 6. The van der Waals surface area contributed by atoms with E-state index in [0.717, 1.165) is 28.7 Å². The van der Waals surface area contributed by atoms with Gasteiger partial charge in [0.05, 0.1) is 24.2 Å². The van der Waals surface area contributed by atoms with Gasteiger partial charge in [-0.3, -0.25) is 28.9 Å². The molecular weight excluding hydrogens is 1100 g/mol. The van der Waals surface area contributed by atoms with Crippen LogP contribution in [0.3, 0.4) is 0 Å². The molecule has 4 atom stereocenters. The Bertz CT molecular complexity index is 2900. The maximum Gasteiger partial charge on any atom is 0.407 e. The SMILES string of the molecule is CC(C)[C@H](NC(=O)CCCCCN1C(=O)C=CC1=O)C(=O)N[C@@H](CCCNC(N)=O)C(=O)Nc1ccc(COC(=O)N[C@@H](CF)CCN(C(=O)N2CCSCC2)[C@@H](c2nc(-c3cc(F)ccc3F)nn2Cc2ccccc2)C(C)(C)C)cc1. The summed E-state index contributed by atoms with van der Waals surface area (Å²) in [7, 11) is 0. The summed E-state index contributed by atoms with van der Waals surface area (Å²) < 4.78 is 51.9. The number of anilines is 1. The number of benzene rings is 3. The molecule has 1 saturated heterocycles. The minimum absolute atomic E-state index is 0.0519. The number of nitrogens with two attached hydrogens (primary N) is 1. The molecule has 10 amide bonds. The number of nitrogens with one attached hydrogen (secondary N) is 5. The van der Waals surface area contributed by atoms with Gasteiger partial charge < -0.3 is 46.9 Å². The zero-order chi connectivity index (χ0) is 60.2. The summed E-state index contributed by atoms with van der Waals surface area (Å²) in [5.41, 5.74) is 5.96. The lowest BCUT2D eigenvalue weighted by molar-refractivity contribution is -0.137. The van der Waals surface area contributed by atoms with E-state index in [9.17, 15) is 47.1 Å². The standard InChI is InChI=1S/C58H75F3N12O9S/c1-37(2)49(67-46(74)16-10-7-11-27-71-47(75)23-24-48(71)76)54(78)66-45(15-12-26-63-55(62)79)53(77)64-41-20-17-39(18-21-41)36-82-56(80)65-42(34-59)25-28-72(57(81)70-29-31-83-32-30-70)50(58(3,4)5)52-68-51(43-33-40(60)19-22-44(43)61)69-73(52)35-38-13-8-6-9-14-38/h6,8-9,13-14,17-24,33,37,42,45,49-50H,7,10-12,15-16,25-32,34-36H2,1-5H3,(H,64,77)(H,65,80)(H,66,78)(H,67,74)(H3,62,63,79)/t42-,45+,49+,50+/m1/s1. The topological polar surface area (TPSA) is 272 Å². The number of alkyl carbamates (subject to hydrolysis) is 1. The summed E-state index contributed by atoms with van der Waals surface area (Å²) in [6.45, 7) is 9.33. The van der Waals surface area contributed by atoms with Crippen LogP contribution >= 0.6 is 11.8 Å². The molecule has 0 bridgehead atoms. The molecule has 1 fully saturated rings. The number of ether oxygens (including phenoxy) is 1. The van der Waals surface area contributed by atoms with Gasteiger partial charge in [0.2, 0.25) is 17.7 Å². The van der Waals surface area contributed by atoms with Gasteiger partial charge in [-0.1, -0.05) is 83.5 Å². The molecule has 2 aliphatic rings. The smallest absolute Gasteiger partial charge is 0.407 e. The third-order valence-corrected chi connectivity index (χ3v) is 14.8. The Morgan fingerprint density at radius 1 is 0.831 bits per heavy atom. The third kappa shape index (κ3) is 19.3. The van der Waals surface area contributed by atoms with Gasteiger partial charge in [-0.05, 0) is 84.9 Å². The summed E-state index contributed by atoms with van der Waals surface area (Å²) in [6, 6.07) is 13.5. The lowest BCUT2D eigenvalue weighted by Crippen LogP contribution is -2.54. The molecule has 25 heteroatoms. The molecule has 448 valence electrons. The molecule has 0 saturated carbocycles. The van der Waals surface area contributed by atoms with E-state index in [4.69, 9.17) is 20.6 Å². The van der Waals surface area contributed by atoms with Crippen molar-refractivity contribution in [1.29, 1.82) is 0 Å². The van der Waals surface area contributed by atoms with E-state index in [1.54, 1.807) is 64.4 Å². The van der Waals surface area contributed by atoms with Gasteiger partial charge in [0.15, 0.2) is 11.6 Å². The molecule has 3 aromatic carbocycles. The van der Waals surface area contributed by atoms with Gasteiger partial charge in [0.25, 0.3) is 11.8 Å². The minimum Gasteiger partial charge on any atom is -0.445 e. The number of aromatic nitrogens is 3. The Kier molecular flexibility index (Phi) is 23.9. The molecule has 0 spiro atoms. The highest BCUT2D eigenvalue weighted by Gasteiger charge is 2.41. The van der Waals surface area contributed by atoms with Crippen LogP contribution in [-0.4, -0.2) is 146 Å². The first kappa shape index (κ1) is 64.2. The highest BCUT2D eigenvalue weighted by Crippen LogP contribution is 2.40. The number of urea groups is 2. The van der Waals surface area contributed by atoms with Crippen molar-refractivity contribution in [2.24, 2.45) is 17.1 Å². The summed E-state index contributed by atoms with van der Waals surface area (Å²) in [6.07, 6.45) is 3.35. The first-order chi connectivity index (χ1) is 39.6. The molecule has 83 heavy (non-hydrogen) atoms. The molecule has 0 radical (unpaired) electrons. The number of imide groups is 1. The minimum atomic E-state index is -1.12. The number of amides is 10. The first-order valence-electron chi connectivity index (χ1n) is 27.7. The number of rotatable bonds is 28. The molecular formula is C58H75F3N12O9S. The highest BCUT2D eigenvalue weighted by molar-refractivity contribution is 7.99. The second kappa shape index (κ2) is 30.9. The fourth-order valence-electron chi connectivity index (χ4n) is 9.44. The Morgan fingerprint density at radius 3 is 2.18 bits per heavy atom. The molecule has 1 aromatic heterocycles. The maximum atomic E-state index is 15.3. The van der Waals surface area contributed by atoms with Gasteiger partial charge in [-0.25, -0.2) is 37.2 Å². The second-order valence-electron chi connectivity index (χ2n) is 21.7. The Hall–Kier alpha value is -7.96. The number of unbranched alkanes of at least 4 members (excludes halogenated alkanes) is 2. The Balaban J connectivity index is 1.08. The van der Waals surface area contributed by atoms with Crippen LogP contribution in [0.2, 0.25) is 0 Å². The van der Waals surface area contributed by atoms with E-state index >= 15 is 4.39 Å². The van der Waals surface area contributed by atoms with Gasteiger partial charge >= 0.3 is 18.2 Å². The van der Waals surface area contributed by atoms with Crippen LogP contribution in [0.1, 0.15) is 103 Å². The van der Waals surface area contributed by atoms with Gasteiger partial charge in [-0.2, -0.15) is 16.9 Å². The molecule has 7 N–H and O–H groups in total. The summed E-state index contributed by atoms with van der Waals surface area (Å²) in [5.74, 6) is -2.53. The number of carbonyl (C=O) groups is 8. The van der Waals surface area contributed by atoms with Crippen LogP contribution in [0.15, 0.2) is 84.9 Å². The van der Waals surface area contributed by atoms with Crippen LogP contribution in [0, 0.1) is 23.0 Å². The predicted molar refractivity (Wildman–Crippen MR) is 307 cm³/mol.